The summed E-state index contributed by atoms with van der Waals surface area (Å²) in [6.07, 6.45) is 0. The summed E-state index contributed by atoms with van der Waals surface area (Å²) in [5, 5.41) is 3.66. The molecule has 0 aliphatic rings. The van der Waals surface area contributed by atoms with Crippen LogP contribution in [-0.2, 0) is 4.74 Å². The number of hydrogen-bond donors (Lipinski definition) is 2. The molecule has 172 valence electrons. The predicted octanol–water partition coefficient (Wildman–Crippen LogP) is 5.11. The number of rotatable bonds is 6. The smallest absolute Gasteiger partial charge is 0.348 e. The van der Waals surface area contributed by atoms with E-state index in [4.69, 9.17) is 15.5 Å². The fraction of sp³-hybridized carbons (Fsp3) is 0.154. The molecule has 0 saturated carbocycles. The van der Waals surface area contributed by atoms with Crippen LogP contribution >= 0.6 is 11.3 Å². The number of amides is 2. The number of nitrogens with two attached hydrogens (primary N) is 1. The Balaban J connectivity index is 1.79. The molecule has 7 nitrogen and oxygen atoms in total. The summed E-state index contributed by atoms with van der Waals surface area (Å²) < 4.78 is 5.08. The molecule has 2 aromatic heterocycles. The highest BCUT2D eigenvalue weighted by molar-refractivity contribution is 7.18. The molecule has 0 aliphatic heterocycles. The number of nitrogens with one attached hydrogen (secondary N) is 1. The monoisotopic (exact) mass is 473 g/mol. The van der Waals surface area contributed by atoms with Crippen LogP contribution in [-0.4, -0.2) is 29.4 Å². The number of para-hydroxylation sites is 1. The van der Waals surface area contributed by atoms with Crippen LogP contribution in [0.1, 0.15) is 48.4 Å². The zero-order chi connectivity index (χ0) is 24.4. The standard InChI is InChI=1S/C26H23N3O4S/c1-4-33-26(32)22-15(3)21(23(27)30)25(34-22)29-24(31)18-13-20(16-11-9-14(2)10-12-16)28-19-8-6-5-7-17(18)19/h5-13H,4H2,1-3H3,(H2,27,30)(H,29,31). The maximum absolute atomic E-state index is 13.5. The molecule has 0 fully saturated rings. The number of anilines is 1. The topological polar surface area (TPSA) is 111 Å². The number of esters is 1. The number of aromatic nitrogens is 1. The van der Waals surface area contributed by atoms with E-state index in [0.29, 0.717) is 27.7 Å². The van der Waals surface area contributed by atoms with E-state index >= 15 is 0 Å². The van der Waals surface area contributed by atoms with E-state index < -0.39 is 17.8 Å². The highest BCUT2D eigenvalue weighted by atomic mass is 32.1. The van der Waals surface area contributed by atoms with Crippen molar-refractivity contribution in [3.05, 3.63) is 81.7 Å². The molecule has 4 aromatic rings. The number of primary amides is 1. The van der Waals surface area contributed by atoms with Gasteiger partial charge in [0, 0.05) is 10.9 Å². The number of pyridine rings is 1. The molecule has 0 radical (unpaired) electrons. The first-order valence-electron chi connectivity index (χ1n) is 10.7. The van der Waals surface area contributed by atoms with Crippen molar-refractivity contribution in [1.82, 2.24) is 4.98 Å². The summed E-state index contributed by atoms with van der Waals surface area (Å²) in [4.78, 5) is 42.9. The molecule has 0 saturated heterocycles. The summed E-state index contributed by atoms with van der Waals surface area (Å²) in [7, 11) is 0. The summed E-state index contributed by atoms with van der Waals surface area (Å²) in [5.41, 5.74) is 9.74. The lowest BCUT2D eigenvalue weighted by molar-refractivity contribution is 0.0531. The maximum atomic E-state index is 13.5. The first kappa shape index (κ1) is 23.1. The van der Waals surface area contributed by atoms with Gasteiger partial charge in [-0.25, -0.2) is 9.78 Å². The molecule has 0 bridgehead atoms. The van der Waals surface area contributed by atoms with Gasteiger partial charge in [0.2, 0.25) is 0 Å². The number of benzene rings is 2. The normalized spacial score (nSPS) is 10.8. The molecular weight excluding hydrogens is 450 g/mol. The van der Waals surface area contributed by atoms with Crippen molar-refractivity contribution in [1.29, 1.82) is 0 Å². The van der Waals surface area contributed by atoms with Crippen molar-refractivity contribution in [2.75, 3.05) is 11.9 Å². The maximum Gasteiger partial charge on any atom is 0.348 e. The summed E-state index contributed by atoms with van der Waals surface area (Å²) in [6, 6.07) is 16.9. The van der Waals surface area contributed by atoms with Crippen molar-refractivity contribution >= 4 is 45.0 Å². The number of carbonyl (C=O) groups is 3. The Morgan fingerprint density at radius 3 is 2.44 bits per heavy atom. The van der Waals surface area contributed by atoms with E-state index in [2.05, 4.69) is 5.32 Å². The second kappa shape index (κ2) is 9.44. The molecule has 2 aromatic carbocycles. The van der Waals surface area contributed by atoms with Crippen molar-refractivity contribution in [3.8, 4) is 11.3 Å². The third-order valence-corrected chi connectivity index (χ3v) is 6.58. The van der Waals surface area contributed by atoms with Crippen LogP contribution in [0.25, 0.3) is 22.2 Å². The molecule has 0 spiro atoms. The fourth-order valence-corrected chi connectivity index (χ4v) is 4.80. The summed E-state index contributed by atoms with van der Waals surface area (Å²) in [6.45, 7) is 5.49. The highest BCUT2D eigenvalue weighted by Crippen LogP contribution is 2.34. The van der Waals surface area contributed by atoms with E-state index in [1.807, 2.05) is 55.5 Å². The Hall–Kier alpha value is -4.04. The van der Waals surface area contributed by atoms with Crippen molar-refractivity contribution in [2.24, 2.45) is 5.73 Å². The lowest BCUT2D eigenvalue weighted by Crippen LogP contribution is -2.18. The minimum Gasteiger partial charge on any atom is -0.462 e. The van der Waals surface area contributed by atoms with Crippen LogP contribution in [0, 0.1) is 13.8 Å². The van der Waals surface area contributed by atoms with Gasteiger partial charge in [0.15, 0.2) is 0 Å². The average Bonchev–Trinajstić information content (AvgIpc) is 3.14. The fourth-order valence-electron chi connectivity index (χ4n) is 3.70. The Morgan fingerprint density at radius 2 is 1.76 bits per heavy atom. The lowest BCUT2D eigenvalue weighted by Gasteiger charge is -2.11. The third-order valence-electron chi connectivity index (χ3n) is 5.39. The van der Waals surface area contributed by atoms with E-state index in [9.17, 15) is 14.4 Å². The van der Waals surface area contributed by atoms with Crippen LogP contribution in [0.3, 0.4) is 0 Å². The summed E-state index contributed by atoms with van der Waals surface area (Å²) >= 11 is 0.970. The quantitative estimate of drug-likeness (QED) is 0.378. The molecule has 34 heavy (non-hydrogen) atoms. The lowest BCUT2D eigenvalue weighted by atomic mass is 10.0. The van der Waals surface area contributed by atoms with Gasteiger partial charge in [-0.3, -0.25) is 9.59 Å². The summed E-state index contributed by atoms with van der Waals surface area (Å²) in [5.74, 6) is -1.74. The molecule has 0 aliphatic carbocycles. The SMILES string of the molecule is CCOC(=O)c1sc(NC(=O)c2cc(-c3ccc(C)cc3)nc3ccccc23)c(C(N)=O)c1C. The Morgan fingerprint density at radius 1 is 1.06 bits per heavy atom. The number of carbonyl (C=O) groups excluding carboxylic acids is 3. The van der Waals surface area contributed by atoms with Crippen LogP contribution in [0.5, 0.6) is 0 Å². The molecule has 8 heteroatoms. The van der Waals surface area contributed by atoms with Crippen LogP contribution in [0.4, 0.5) is 5.00 Å². The van der Waals surface area contributed by atoms with Gasteiger partial charge < -0.3 is 15.8 Å². The first-order chi connectivity index (χ1) is 16.3. The second-order valence-electron chi connectivity index (χ2n) is 7.74. The van der Waals surface area contributed by atoms with Crippen LogP contribution in [0.2, 0.25) is 0 Å². The molecule has 3 N–H and O–H groups in total. The van der Waals surface area contributed by atoms with E-state index in [-0.39, 0.29) is 22.0 Å². The highest BCUT2D eigenvalue weighted by Gasteiger charge is 2.26. The number of fused-ring (bicyclic) bond motifs is 1. The first-order valence-corrected chi connectivity index (χ1v) is 11.5. The Labute approximate surface area is 200 Å². The molecule has 0 unspecified atom stereocenters. The van der Waals surface area contributed by atoms with Gasteiger partial charge in [-0.05, 0) is 38.5 Å². The number of hydrogen-bond acceptors (Lipinski definition) is 6. The van der Waals surface area contributed by atoms with Gasteiger partial charge in [0.05, 0.1) is 28.9 Å². The number of ether oxygens (including phenoxy) is 1. The zero-order valence-corrected chi connectivity index (χ0v) is 19.8. The van der Waals surface area contributed by atoms with Crippen molar-refractivity contribution < 1.29 is 19.1 Å². The van der Waals surface area contributed by atoms with Crippen molar-refractivity contribution in [2.45, 2.75) is 20.8 Å². The molecular formula is C26H23N3O4S. The van der Waals surface area contributed by atoms with E-state index in [1.165, 1.54) is 0 Å². The van der Waals surface area contributed by atoms with E-state index in [1.54, 1.807) is 19.9 Å². The van der Waals surface area contributed by atoms with Crippen molar-refractivity contribution in [3.63, 3.8) is 0 Å². The van der Waals surface area contributed by atoms with Gasteiger partial charge in [0.25, 0.3) is 11.8 Å². The Bertz CT molecular complexity index is 1420. The van der Waals surface area contributed by atoms with Gasteiger partial charge in [-0.1, -0.05) is 48.0 Å². The molecule has 2 heterocycles. The molecule has 2 amide bonds. The average molecular weight is 474 g/mol. The molecule has 4 rings (SSSR count). The minimum absolute atomic E-state index is 0.0959. The van der Waals surface area contributed by atoms with Gasteiger partial charge in [0.1, 0.15) is 9.88 Å². The number of aryl methyl sites for hydroxylation is 1. The number of thiophene rings is 1. The Kier molecular flexibility index (Phi) is 6.43. The minimum atomic E-state index is -0.737. The third kappa shape index (κ3) is 4.40. The van der Waals surface area contributed by atoms with Gasteiger partial charge >= 0.3 is 5.97 Å². The molecule has 0 atom stereocenters. The van der Waals surface area contributed by atoms with Crippen LogP contribution < -0.4 is 11.1 Å². The predicted molar refractivity (Wildman–Crippen MR) is 133 cm³/mol. The largest absolute Gasteiger partial charge is 0.462 e. The van der Waals surface area contributed by atoms with Crippen LogP contribution in [0.15, 0.2) is 54.6 Å². The van der Waals surface area contributed by atoms with Gasteiger partial charge in [-0.15, -0.1) is 11.3 Å². The van der Waals surface area contributed by atoms with E-state index in [0.717, 1.165) is 22.5 Å². The number of nitrogens with zero attached hydrogens (tertiary/aromatic N) is 1. The van der Waals surface area contributed by atoms with Gasteiger partial charge in [-0.2, -0.15) is 0 Å². The second-order valence-corrected chi connectivity index (χ2v) is 8.76. The zero-order valence-electron chi connectivity index (χ0n) is 19.0.